The van der Waals surface area contributed by atoms with Crippen LogP contribution in [0.1, 0.15) is 19.4 Å². The molecule has 0 bridgehead atoms. The molecule has 33 heavy (non-hydrogen) atoms. The zero-order valence-electron chi connectivity index (χ0n) is 18.7. The third kappa shape index (κ3) is 5.92. The van der Waals surface area contributed by atoms with Crippen molar-refractivity contribution in [2.45, 2.75) is 25.7 Å². The summed E-state index contributed by atoms with van der Waals surface area (Å²) in [6, 6.07) is 10.7. The van der Waals surface area contributed by atoms with Gasteiger partial charge in [-0.1, -0.05) is 42.9 Å². The van der Waals surface area contributed by atoms with Gasteiger partial charge in [0, 0.05) is 25.2 Å². The van der Waals surface area contributed by atoms with Crippen LogP contribution in [0.3, 0.4) is 0 Å². The van der Waals surface area contributed by atoms with Crippen molar-refractivity contribution in [1.29, 1.82) is 0 Å². The van der Waals surface area contributed by atoms with Crippen molar-refractivity contribution in [3.8, 4) is 0 Å². The van der Waals surface area contributed by atoms with Gasteiger partial charge in [-0.15, -0.1) is 0 Å². The fourth-order valence-corrected chi connectivity index (χ4v) is 5.55. The Labute approximate surface area is 196 Å². The lowest BCUT2D eigenvalue weighted by Gasteiger charge is -2.24. The molecule has 9 nitrogen and oxygen atoms in total. The number of aryl methyl sites for hydroxylation is 1. The number of carbonyl (C=O) groups is 1. The molecule has 2 aromatic carbocycles. The minimum Gasteiger partial charge on any atom is -0.302 e. The fraction of sp³-hybridized carbons (Fsp3) is 0.364. The summed E-state index contributed by atoms with van der Waals surface area (Å²) in [6.45, 7) is 8.24. The molecule has 0 unspecified atom stereocenters. The van der Waals surface area contributed by atoms with Gasteiger partial charge in [0.2, 0.25) is 5.91 Å². The highest BCUT2D eigenvalue weighted by atomic mass is 32.2. The summed E-state index contributed by atoms with van der Waals surface area (Å²) in [5.74, 6) is -1.28. The second-order valence-electron chi connectivity index (χ2n) is 7.55. The van der Waals surface area contributed by atoms with Gasteiger partial charge in [-0.05, 0) is 38.2 Å². The number of nitrogens with zero attached hydrogens (tertiary/aromatic N) is 4. The van der Waals surface area contributed by atoms with Crippen molar-refractivity contribution >= 4 is 48.1 Å². The third-order valence-electron chi connectivity index (χ3n) is 5.33. The predicted octanol–water partition coefficient (Wildman–Crippen LogP) is 3.66. The maximum atomic E-state index is 13.2. The molecular weight excluding hydrogens is 464 g/mol. The largest absolute Gasteiger partial charge is 0.302 e. The highest BCUT2D eigenvalue weighted by molar-refractivity contribution is 7.92. The molecule has 0 atom stereocenters. The van der Waals surface area contributed by atoms with E-state index in [1.165, 1.54) is 35.2 Å². The van der Waals surface area contributed by atoms with E-state index < -0.39 is 26.4 Å². The molecule has 0 aliphatic rings. The van der Waals surface area contributed by atoms with E-state index in [9.17, 15) is 23.3 Å². The van der Waals surface area contributed by atoms with E-state index in [4.69, 9.17) is 0 Å². The van der Waals surface area contributed by atoms with Gasteiger partial charge in [-0.25, -0.2) is 13.4 Å². The lowest BCUT2D eigenvalue weighted by Crippen LogP contribution is -2.41. The molecule has 3 rings (SSSR count). The van der Waals surface area contributed by atoms with Crippen molar-refractivity contribution in [3.63, 3.8) is 0 Å². The first kappa shape index (κ1) is 24.7. The van der Waals surface area contributed by atoms with Crippen LogP contribution in [0, 0.1) is 17.0 Å². The SMILES string of the molecule is CCN(CC)CCN(C(=O)CS(=O)(=O)c1ccc(C)cc1)c1nc2ccc([N+](=O)[O-])cc2s1. The first-order valence-electron chi connectivity index (χ1n) is 10.5. The molecule has 176 valence electrons. The Balaban J connectivity index is 1.93. The Hall–Kier alpha value is -2.89. The minimum absolute atomic E-state index is 0.0688. The van der Waals surface area contributed by atoms with Gasteiger partial charge >= 0.3 is 0 Å². The molecule has 11 heteroatoms. The van der Waals surface area contributed by atoms with Crippen LogP contribution in [0.2, 0.25) is 0 Å². The van der Waals surface area contributed by atoms with Gasteiger partial charge in [0.1, 0.15) is 5.75 Å². The molecule has 0 saturated heterocycles. The van der Waals surface area contributed by atoms with Crippen molar-refractivity contribution in [3.05, 3.63) is 58.1 Å². The number of nitro groups is 1. The Bertz CT molecular complexity index is 1250. The van der Waals surface area contributed by atoms with Crippen LogP contribution >= 0.6 is 11.3 Å². The second-order valence-corrected chi connectivity index (χ2v) is 10.5. The molecule has 0 radical (unpaired) electrons. The number of non-ortho nitro benzene ring substituents is 1. The number of benzene rings is 2. The van der Waals surface area contributed by atoms with Crippen LogP contribution in [0.15, 0.2) is 47.4 Å². The maximum Gasteiger partial charge on any atom is 0.270 e. The summed E-state index contributed by atoms with van der Waals surface area (Å²) in [5.41, 5.74) is 1.37. The van der Waals surface area contributed by atoms with Crippen LogP contribution in [-0.4, -0.2) is 61.1 Å². The quantitative estimate of drug-likeness (QED) is 0.315. The van der Waals surface area contributed by atoms with Crippen LogP contribution in [0.25, 0.3) is 10.2 Å². The molecule has 0 aliphatic heterocycles. The van der Waals surface area contributed by atoms with Crippen LogP contribution in [-0.2, 0) is 14.6 Å². The first-order valence-corrected chi connectivity index (χ1v) is 13.0. The minimum atomic E-state index is -3.84. The summed E-state index contributed by atoms with van der Waals surface area (Å²) < 4.78 is 26.3. The molecule has 3 aromatic rings. The number of likely N-dealkylation sites (N-methyl/N-ethyl adjacent to an activating group) is 1. The van der Waals surface area contributed by atoms with Crippen LogP contribution in [0.4, 0.5) is 10.8 Å². The Kier molecular flexibility index (Phi) is 7.77. The molecule has 0 N–H and O–H groups in total. The molecule has 1 heterocycles. The van der Waals surface area contributed by atoms with E-state index in [1.807, 2.05) is 20.8 Å². The highest BCUT2D eigenvalue weighted by Crippen LogP contribution is 2.31. The highest BCUT2D eigenvalue weighted by Gasteiger charge is 2.27. The number of amides is 1. The number of thiazole rings is 1. The zero-order chi connectivity index (χ0) is 24.2. The second kappa shape index (κ2) is 10.4. The van der Waals surface area contributed by atoms with Crippen molar-refractivity contribution in [1.82, 2.24) is 9.88 Å². The topological polar surface area (TPSA) is 114 Å². The predicted molar refractivity (Wildman–Crippen MR) is 130 cm³/mol. The zero-order valence-corrected chi connectivity index (χ0v) is 20.4. The smallest absolute Gasteiger partial charge is 0.270 e. The molecule has 0 fully saturated rings. The van der Waals surface area contributed by atoms with Gasteiger partial charge in [0.25, 0.3) is 5.69 Å². The summed E-state index contributed by atoms with van der Waals surface area (Å²) in [7, 11) is -3.84. The Morgan fingerprint density at radius 2 is 1.76 bits per heavy atom. The Morgan fingerprint density at radius 1 is 1.09 bits per heavy atom. The molecule has 1 aromatic heterocycles. The molecule has 1 amide bonds. The Morgan fingerprint density at radius 3 is 2.36 bits per heavy atom. The number of hydrogen-bond acceptors (Lipinski definition) is 8. The summed E-state index contributed by atoms with van der Waals surface area (Å²) in [6.07, 6.45) is 0. The van der Waals surface area contributed by atoms with Crippen molar-refractivity contribution in [2.24, 2.45) is 0 Å². The van der Waals surface area contributed by atoms with E-state index in [-0.39, 0.29) is 17.1 Å². The van der Waals surface area contributed by atoms with E-state index in [2.05, 4.69) is 9.88 Å². The number of hydrogen-bond donors (Lipinski definition) is 0. The normalized spacial score (nSPS) is 11.8. The average Bonchev–Trinajstić information content (AvgIpc) is 3.19. The van der Waals surface area contributed by atoms with Crippen LogP contribution < -0.4 is 4.90 Å². The van der Waals surface area contributed by atoms with Gasteiger partial charge in [0.15, 0.2) is 15.0 Å². The monoisotopic (exact) mass is 490 g/mol. The number of sulfone groups is 1. The number of fused-ring (bicyclic) bond motifs is 1. The van der Waals surface area contributed by atoms with Gasteiger partial charge < -0.3 is 4.90 Å². The number of carbonyl (C=O) groups excluding carboxylic acids is 1. The number of anilines is 1. The number of aromatic nitrogens is 1. The average molecular weight is 491 g/mol. The fourth-order valence-electron chi connectivity index (χ4n) is 3.31. The lowest BCUT2D eigenvalue weighted by atomic mass is 10.2. The van der Waals surface area contributed by atoms with E-state index in [1.54, 1.807) is 12.1 Å². The van der Waals surface area contributed by atoms with Crippen molar-refractivity contribution < 1.29 is 18.1 Å². The van der Waals surface area contributed by atoms with Gasteiger partial charge in [0.05, 0.1) is 20.0 Å². The van der Waals surface area contributed by atoms with E-state index in [0.717, 1.165) is 30.0 Å². The maximum absolute atomic E-state index is 13.2. The molecule has 0 spiro atoms. The number of nitro benzene ring substituents is 1. The van der Waals surface area contributed by atoms with Crippen molar-refractivity contribution in [2.75, 3.05) is 36.8 Å². The molecular formula is C22H26N4O5S2. The van der Waals surface area contributed by atoms with Gasteiger partial charge in [-0.2, -0.15) is 0 Å². The summed E-state index contributed by atoms with van der Waals surface area (Å²) >= 11 is 1.13. The molecule has 0 saturated carbocycles. The summed E-state index contributed by atoms with van der Waals surface area (Å²) in [5, 5.41) is 11.4. The lowest BCUT2D eigenvalue weighted by molar-refractivity contribution is -0.384. The molecule has 0 aliphatic carbocycles. The van der Waals surface area contributed by atoms with Gasteiger partial charge in [-0.3, -0.25) is 19.8 Å². The standard InChI is InChI=1S/C22H26N4O5S2/c1-4-24(5-2)12-13-25(21(27)15-33(30,31)18-9-6-16(3)7-10-18)22-23-19-11-8-17(26(28)29)14-20(19)32-22/h6-11,14H,4-5,12-13,15H2,1-3H3. The van der Waals surface area contributed by atoms with E-state index >= 15 is 0 Å². The van der Waals surface area contributed by atoms with Crippen LogP contribution in [0.5, 0.6) is 0 Å². The summed E-state index contributed by atoms with van der Waals surface area (Å²) in [4.78, 5) is 31.9. The number of rotatable bonds is 10. The first-order chi connectivity index (χ1) is 15.6. The van der Waals surface area contributed by atoms with E-state index in [0.29, 0.717) is 21.9 Å². The third-order valence-corrected chi connectivity index (χ3v) is 7.99.